The first-order valence-electron chi connectivity index (χ1n) is 8.02. The van der Waals surface area contributed by atoms with Crippen molar-refractivity contribution in [2.24, 2.45) is 11.5 Å². The first kappa shape index (κ1) is 25.2. The molecule has 5 unspecified atom stereocenters. The first-order valence-corrected chi connectivity index (χ1v) is 8.02. The number of rotatable bonds is 12. The molecular formula is C14H25N5O9. The Labute approximate surface area is 159 Å². The molecular weight excluding hydrogens is 382 g/mol. The molecule has 0 aromatic heterocycles. The van der Waals surface area contributed by atoms with E-state index in [1.54, 1.807) is 0 Å². The predicted octanol–water partition coefficient (Wildman–Crippen LogP) is -5.91. The van der Waals surface area contributed by atoms with Crippen LogP contribution < -0.4 is 27.4 Å². The van der Waals surface area contributed by atoms with E-state index in [1.807, 2.05) is 16.0 Å². The number of nitrogens with one attached hydrogen (secondary N) is 3. The summed E-state index contributed by atoms with van der Waals surface area (Å²) in [6.45, 7) is -0.627. The Bertz CT molecular complexity index is 598. The van der Waals surface area contributed by atoms with Gasteiger partial charge in [0.05, 0.1) is 25.7 Å². The molecule has 0 aromatic carbocycles. The molecule has 14 heteroatoms. The van der Waals surface area contributed by atoms with Gasteiger partial charge in [0.2, 0.25) is 23.6 Å². The van der Waals surface area contributed by atoms with Gasteiger partial charge in [-0.15, -0.1) is 0 Å². The third-order valence-electron chi connectivity index (χ3n) is 3.47. The van der Waals surface area contributed by atoms with Crippen molar-refractivity contribution in [3.63, 3.8) is 0 Å². The van der Waals surface area contributed by atoms with Crippen molar-refractivity contribution in [2.45, 2.75) is 43.6 Å². The van der Waals surface area contributed by atoms with Crippen LogP contribution in [0, 0.1) is 0 Å². The van der Waals surface area contributed by atoms with Crippen molar-refractivity contribution >= 4 is 29.6 Å². The molecule has 0 aliphatic carbocycles. The van der Waals surface area contributed by atoms with Gasteiger partial charge in [-0.2, -0.15) is 0 Å². The number of carboxylic acids is 1. The van der Waals surface area contributed by atoms with Crippen molar-refractivity contribution in [2.75, 3.05) is 13.2 Å². The van der Waals surface area contributed by atoms with Crippen LogP contribution in [-0.2, 0) is 24.0 Å². The van der Waals surface area contributed by atoms with Crippen LogP contribution >= 0.6 is 0 Å². The standard InChI is InChI=1S/C14H25N5O9/c1-5(22)10(16)13(26)19-8(4-21)12(25)18-7(3-20)11(24)17-6(14(27)28)2-9(15)23/h5-8,10,20-22H,2-4,16H2,1H3,(H2,15,23)(H,17,24)(H,18,25)(H,19,26)(H,27,28). The fourth-order valence-electron chi connectivity index (χ4n) is 1.82. The molecule has 28 heavy (non-hydrogen) atoms. The molecule has 0 radical (unpaired) electrons. The molecule has 0 aliphatic rings. The minimum Gasteiger partial charge on any atom is -0.480 e. The van der Waals surface area contributed by atoms with Gasteiger partial charge in [0, 0.05) is 0 Å². The predicted molar refractivity (Wildman–Crippen MR) is 91.1 cm³/mol. The summed E-state index contributed by atoms with van der Waals surface area (Å²) in [4.78, 5) is 57.7. The molecule has 0 spiro atoms. The van der Waals surface area contributed by atoms with Gasteiger partial charge >= 0.3 is 5.97 Å². The maximum Gasteiger partial charge on any atom is 0.326 e. The van der Waals surface area contributed by atoms with Crippen molar-refractivity contribution in [1.29, 1.82) is 0 Å². The lowest BCUT2D eigenvalue weighted by Gasteiger charge is -2.23. The smallest absolute Gasteiger partial charge is 0.326 e. The molecule has 4 amide bonds. The monoisotopic (exact) mass is 407 g/mol. The topological polar surface area (TPSA) is 254 Å². The molecule has 0 fully saturated rings. The Kier molecular flexibility index (Phi) is 10.6. The highest BCUT2D eigenvalue weighted by atomic mass is 16.4. The Morgan fingerprint density at radius 2 is 1.25 bits per heavy atom. The summed E-state index contributed by atoms with van der Waals surface area (Å²) in [5, 5.41) is 42.7. The molecule has 0 bridgehead atoms. The normalized spacial score (nSPS) is 16.0. The van der Waals surface area contributed by atoms with Crippen molar-refractivity contribution in [1.82, 2.24) is 16.0 Å². The lowest BCUT2D eigenvalue weighted by atomic mass is 10.1. The molecule has 0 aliphatic heterocycles. The van der Waals surface area contributed by atoms with Crippen molar-refractivity contribution in [3.8, 4) is 0 Å². The second-order valence-corrected chi connectivity index (χ2v) is 5.82. The second-order valence-electron chi connectivity index (χ2n) is 5.82. The summed E-state index contributed by atoms with van der Waals surface area (Å²) >= 11 is 0. The molecule has 0 rings (SSSR count). The van der Waals surface area contributed by atoms with Gasteiger partial charge in [-0.25, -0.2) is 4.79 Å². The maximum atomic E-state index is 12.1. The third kappa shape index (κ3) is 8.26. The van der Waals surface area contributed by atoms with E-state index in [1.165, 1.54) is 6.92 Å². The Hall–Kier alpha value is -2.81. The Morgan fingerprint density at radius 3 is 1.57 bits per heavy atom. The number of carboxylic acid groups (broad SMARTS) is 1. The van der Waals surface area contributed by atoms with Crippen molar-refractivity contribution in [3.05, 3.63) is 0 Å². The molecule has 14 nitrogen and oxygen atoms in total. The lowest BCUT2D eigenvalue weighted by Crippen LogP contribution is -2.59. The van der Waals surface area contributed by atoms with Crippen LogP contribution in [0.5, 0.6) is 0 Å². The van der Waals surface area contributed by atoms with Gasteiger partial charge in [-0.05, 0) is 6.92 Å². The summed E-state index contributed by atoms with van der Waals surface area (Å²) in [6.07, 6.45) is -1.96. The number of aliphatic hydroxyl groups is 3. The summed E-state index contributed by atoms with van der Waals surface area (Å²) in [5.74, 6) is -5.77. The summed E-state index contributed by atoms with van der Waals surface area (Å²) in [5.41, 5.74) is 10.3. The van der Waals surface area contributed by atoms with Crippen LogP contribution in [-0.4, -0.2) is 93.5 Å². The zero-order valence-electron chi connectivity index (χ0n) is 15.0. The highest BCUT2D eigenvalue weighted by Crippen LogP contribution is 1.96. The number of nitrogens with two attached hydrogens (primary N) is 2. The van der Waals surface area contributed by atoms with Gasteiger partial charge in [0.25, 0.3) is 0 Å². The number of hydrogen-bond donors (Lipinski definition) is 9. The minimum atomic E-state index is -1.69. The van der Waals surface area contributed by atoms with E-state index in [-0.39, 0.29) is 0 Å². The molecule has 5 atom stereocenters. The molecule has 0 heterocycles. The third-order valence-corrected chi connectivity index (χ3v) is 3.47. The average Bonchev–Trinajstić information content (AvgIpc) is 2.61. The molecule has 160 valence electrons. The van der Waals surface area contributed by atoms with Gasteiger partial charge in [-0.1, -0.05) is 0 Å². The molecule has 0 saturated carbocycles. The average molecular weight is 407 g/mol. The SMILES string of the molecule is CC(O)C(N)C(=O)NC(CO)C(=O)NC(CO)C(=O)NC(CC(N)=O)C(=O)O. The number of amides is 4. The van der Waals surface area contributed by atoms with E-state index in [2.05, 4.69) is 0 Å². The minimum absolute atomic E-state index is 0.722. The van der Waals surface area contributed by atoms with Crippen LogP contribution in [0.1, 0.15) is 13.3 Å². The maximum absolute atomic E-state index is 12.1. The van der Waals surface area contributed by atoms with E-state index >= 15 is 0 Å². The van der Waals surface area contributed by atoms with Crippen molar-refractivity contribution < 1.29 is 44.4 Å². The number of aliphatic hydroxyl groups excluding tert-OH is 3. The fraction of sp³-hybridized carbons (Fsp3) is 0.643. The van der Waals surface area contributed by atoms with Gasteiger partial charge in [0.1, 0.15) is 24.2 Å². The van der Waals surface area contributed by atoms with E-state index < -0.39 is 79.5 Å². The van der Waals surface area contributed by atoms with Gasteiger partial charge in [-0.3, -0.25) is 19.2 Å². The zero-order valence-corrected chi connectivity index (χ0v) is 15.0. The first-order chi connectivity index (χ1) is 12.9. The Morgan fingerprint density at radius 1 is 0.857 bits per heavy atom. The molecule has 0 saturated heterocycles. The number of carbonyl (C=O) groups excluding carboxylic acids is 4. The summed E-state index contributed by atoms with van der Waals surface area (Å²) < 4.78 is 0. The Balaban J connectivity index is 5.02. The largest absolute Gasteiger partial charge is 0.480 e. The highest BCUT2D eigenvalue weighted by Gasteiger charge is 2.30. The number of carbonyl (C=O) groups is 5. The number of hydrogen-bond acceptors (Lipinski definition) is 9. The van der Waals surface area contributed by atoms with E-state index in [9.17, 15) is 39.3 Å². The molecule has 11 N–H and O–H groups in total. The van der Waals surface area contributed by atoms with Crippen LogP contribution in [0.3, 0.4) is 0 Å². The van der Waals surface area contributed by atoms with E-state index in [0.29, 0.717) is 0 Å². The molecule has 0 aromatic rings. The number of aliphatic carboxylic acids is 1. The summed E-state index contributed by atoms with van der Waals surface area (Å²) in [6, 6.07) is -6.30. The van der Waals surface area contributed by atoms with E-state index in [0.717, 1.165) is 0 Å². The lowest BCUT2D eigenvalue weighted by molar-refractivity contribution is -0.144. The summed E-state index contributed by atoms with van der Waals surface area (Å²) in [7, 11) is 0. The quantitative estimate of drug-likeness (QED) is 0.148. The van der Waals surface area contributed by atoms with E-state index in [4.69, 9.17) is 16.6 Å². The second kappa shape index (κ2) is 11.8. The van der Waals surface area contributed by atoms with Gasteiger partial charge < -0.3 is 47.8 Å². The van der Waals surface area contributed by atoms with Crippen LogP contribution in [0.15, 0.2) is 0 Å². The van der Waals surface area contributed by atoms with Gasteiger partial charge in [0.15, 0.2) is 0 Å². The highest BCUT2D eigenvalue weighted by molar-refractivity contribution is 5.95. The van der Waals surface area contributed by atoms with Crippen LogP contribution in [0.4, 0.5) is 0 Å². The zero-order chi connectivity index (χ0) is 22.0. The fourth-order valence-corrected chi connectivity index (χ4v) is 1.82. The van der Waals surface area contributed by atoms with Crippen LogP contribution in [0.2, 0.25) is 0 Å². The number of primary amides is 1. The van der Waals surface area contributed by atoms with Crippen LogP contribution in [0.25, 0.3) is 0 Å².